The van der Waals surface area contributed by atoms with E-state index in [-0.39, 0.29) is 0 Å². The van der Waals surface area contributed by atoms with E-state index < -0.39 is 0 Å². The van der Waals surface area contributed by atoms with E-state index in [2.05, 4.69) is 56.4 Å². The maximum atomic E-state index is 5.88. The maximum absolute atomic E-state index is 5.88. The summed E-state index contributed by atoms with van der Waals surface area (Å²) in [4.78, 5) is 4.73. The van der Waals surface area contributed by atoms with Gasteiger partial charge in [0.2, 0.25) is 0 Å². The van der Waals surface area contributed by atoms with Gasteiger partial charge in [0.1, 0.15) is 5.75 Å². The Morgan fingerprint density at radius 1 is 0.833 bits per heavy atom. The fourth-order valence-electron chi connectivity index (χ4n) is 4.66. The molecule has 1 fully saturated rings. The molecule has 2 nitrogen and oxygen atoms in total. The highest BCUT2D eigenvalue weighted by atomic mass is 16.5. The second-order valence-corrected chi connectivity index (χ2v) is 9.17. The van der Waals surface area contributed by atoms with Crippen LogP contribution in [0.5, 0.6) is 5.75 Å². The number of hydrogen-bond donors (Lipinski definition) is 0. The Balaban J connectivity index is 1.41. The van der Waals surface area contributed by atoms with Crippen LogP contribution in [0.2, 0.25) is 0 Å². The maximum Gasteiger partial charge on any atom is 0.119 e. The quantitative estimate of drug-likeness (QED) is 0.330. The van der Waals surface area contributed by atoms with Gasteiger partial charge in [-0.1, -0.05) is 77.7 Å². The van der Waals surface area contributed by atoms with Gasteiger partial charge in [-0.3, -0.25) is 4.98 Å². The lowest BCUT2D eigenvalue weighted by molar-refractivity contribution is 0.259. The van der Waals surface area contributed by atoms with Crippen molar-refractivity contribution in [3.8, 4) is 17.0 Å². The smallest absolute Gasteiger partial charge is 0.119 e. The molecule has 3 rings (SSSR count). The highest BCUT2D eigenvalue weighted by Gasteiger charge is 2.19. The molecule has 0 aliphatic heterocycles. The molecule has 1 aliphatic carbocycles. The zero-order valence-corrected chi connectivity index (χ0v) is 19.2. The van der Waals surface area contributed by atoms with Crippen molar-refractivity contribution in [3.05, 3.63) is 48.2 Å². The predicted octanol–water partition coefficient (Wildman–Crippen LogP) is 8.25. The number of rotatable bonds is 12. The molecule has 0 spiro atoms. The van der Waals surface area contributed by atoms with Gasteiger partial charge in [0, 0.05) is 11.8 Å². The molecule has 0 bridgehead atoms. The monoisotopic (exact) mass is 407 g/mol. The van der Waals surface area contributed by atoms with Crippen LogP contribution >= 0.6 is 0 Å². The highest BCUT2D eigenvalue weighted by molar-refractivity contribution is 5.60. The third-order valence-corrected chi connectivity index (χ3v) is 6.88. The van der Waals surface area contributed by atoms with Crippen LogP contribution < -0.4 is 4.74 Å². The largest absolute Gasteiger partial charge is 0.494 e. The SMILES string of the molecule is CCCCCCCOc1ccc(-c2ccc(CCC3CCC(CC)CC3)cn2)cc1. The van der Waals surface area contributed by atoms with Crippen molar-refractivity contribution >= 4 is 0 Å². The normalized spacial score (nSPS) is 19.0. The van der Waals surface area contributed by atoms with Gasteiger partial charge in [0.25, 0.3) is 0 Å². The van der Waals surface area contributed by atoms with Gasteiger partial charge in [-0.15, -0.1) is 0 Å². The zero-order chi connectivity index (χ0) is 21.0. The minimum atomic E-state index is 0.816. The van der Waals surface area contributed by atoms with E-state index in [1.54, 1.807) is 0 Å². The van der Waals surface area contributed by atoms with Crippen LogP contribution in [0.25, 0.3) is 11.3 Å². The fourth-order valence-corrected chi connectivity index (χ4v) is 4.66. The third-order valence-electron chi connectivity index (χ3n) is 6.88. The minimum Gasteiger partial charge on any atom is -0.494 e. The zero-order valence-electron chi connectivity index (χ0n) is 19.2. The van der Waals surface area contributed by atoms with E-state index in [1.165, 1.54) is 76.2 Å². The van der Waals surface area contributed by atoms with Crippen molar-refractivity contribution in [1.29, 1.82) is 0 Å². The summed E-state index contributed by atoms with van der Waals surface area (Å²) in [5.41, 5.74) is 3.59. The molecule has 0 amide bonds. The number of aromatic nitrogens is 1. The summed E-state index contributed by atoms with van der Waals surface area (Å²) >= 11 is 0. The Morgan fingerprint density at radius 2 is 1.57 bits per heavy atom. The lowest BCUT2D eigenvalue weighted by Crippen LogP contribution is -2.14. The first kappa shape index (κ1) is 22.8. The lowest BCUT2D eigenvalue weighted by atomic mass is 9.79. The third kappa shape index (κ3) is 7.45. The summed E-state index contributed by atoms with van der Waals surface area (Å²) < 4.78 is 5.88. The molecule has 30 heavy (non-hydrogen) atoms. The summed E-state index contributed by atoms with van der Waals surface area (Å²) in [6.45, 7) is 5.41. The summed E-state index contributed by atoms with van der Waals surface area (Å²) in [7, 11) is 0. The number of aryl methyl sites for hydroxylation is 1. The van der Waals surface area contributed by atoms with Crippen LogP contribution in [0.4, 0.5) is 0 Å². The van der Waals surface area contributed by atoms with Crippen molar-refractivity contribution in [3.63, 3.8) is 0 Å². The van der Waals surface area contributed by atoms with Gasteiger partial charge in [-0.25, -0.2) is 0 Å². The van der Waals surface area contributed by atoms with Crippen LogP contribution in [-0.2, 0) is 6.42 Å². The Hall–Kier alpha value is -1.83. The molecule has 2 heteroatoms. The molecule has 1 heterocycles. The van der Waals surface area contributed by atoms with Crippen LogP contribution in [0.3, 0.4) is 0 Å². The summed E-state index contributed by atoms with van der Waals surface area (Å²) in [5, 5.41) is 0. The molecule has 0 atom stereocenters. The molecule has 1 aromatic heterocycles. The molecule has 0 N–H and O–H groups in total. The van der Waals surface area contributed by atoms with Gasteiger partial charge in [-0.2, -0.15) is 0 Å². The molecule has 0 unspecified atom stereocenters. The van der Waals surface area contributed by atoms with Crippen LogP contribution in [-0.4, -0.2) is 11.6 Å². The summed E-state index contributed by atoms with van der Waals surface area (Å²) in [6.07, 6.45) is 18.0. The van der Waals surface area contributed by atoms with E-state index in [0.29, 0.717) is 0 Å². The Labute approximate surface area is 184 Å². The fraction of sp³-hybridized carbons (Fsp3) is 0.607. The van der Waals surface area contributed by atoms with E-state index >= 15 is 0 Å². The van der Waals surface area contributed by atoms with Crippen molar-refractivity contribution in [1.82, 2.24) is 4.98 Å². The lowest BCUT2D eigenvalue weighted by Gasteiger charge is -2.27. The van der Waals surface area contributed by atoms with Crippen LogP contribution in [0.15, 0.2) is 42.6 Å². The molecule has 1 aromatic carbocycles. The molecule has 0 radical (unpaired) electrons. The molecule has 1 aliphatic rings. The number of hydrogen-bond acceptors (Lipinski definition) is 2. The number of benzene rings is 1. The van der Waals surface area contributed by atoms with Gasteiger partial charge in [0.15, 0.2) is 0 Å². The Kier molecular flexibility index (Phi) is 9.73. The van der Waals surface area contributed by atoms with Gasteiger partial charge in [0.05, 0.1) is 12.3 Å². The molecule has 2 aromatic rings. The van der Waals surface area contributed by atoms with Gasteiger partial charge in [-0.05, 0) is 67.0 Å². The van der Waals surface area contributed by atoms with E-state index in [9.17, 15) is 0 Å². The molecule has 0 saturated heterocycles. The van der Waals surface area contributed by atoms with Crippen LogP contribution in [0, 0.1) is 11.8 Å². The number of unbranched alkanes of at least 4 members (excludes halogenated alkanes) is 4. The first-order valence-corrected chi connectivity index (χ1v) is 12.5. The van der Waals surface area contributed by atoms with Crippen LogP contribution in [0.1, 0.15) is 90.0 Å². The first-order valence-electron chi connectivity index (χ1n) is 12.5. The number of nitrogens with zero attached hydrogens (tertiary/aromatic N) is 1. The van der Waals surface area contributed by atoms with Crippen molar-refractivity contribution in [2.24, 2.45) is 11.8 Å². The Bertz CT molecular complexity index is 698. The molecule has 1 saturated carbocycles. The first-order chi connectivity index (χ1) is 14.8. The van der Waals surface area contributed by atoms with Crippen molar-refractivity contribution < 1.29 is 4.74 Å². The standard InChI is InChI=1S/C28H41NO/c1-3-5-6-7-8-21-30-27-18-16-26(17-19-27)28-20-15-25(22-29-28)14-13-24-11-9-23(4-2)10-12-24/h15-20,22-24H,3-14,21H2,1-2H3. The Morgan fingerprint density at radius 3 is 2.23 bits per heavy atom. The van der Waals surface area contributed by atoms with Gasteiger partial charge >= 0.3 is 0 Å². The number of pyridine rings is 1. The van der Waals surface area contributed by atoms with E-state index in [0.717, 1.165) is 41.9 Å². The topological polar surface area (TPSA) is 22.1 Å². The summed E-state index contributed by atoms with van der Waals surface area (Å²) in [5.74, 6) is 2.88. The van der Waals surface area contributed by atoms with Gasteiger partial charge < -0.3 is 4.74 Å². The van der Waals surface area contributed by atoms with E-state index in [1.807, 2.05) is 0 Å². The highest BCUT2D eigenvalue weighted by Crippen LogP contribution is 2.33. The molecular weight excluding hydrogens is 366 g/mol. The second-order valence-electron chi connectivity index (χ2n) is 9.17. The average Bonchev–Trinajstić information content (AvgIpc) is 2.81. The van der Waals surface area contributed by atoms with Crippen molar-refractivity contribution in [2.45, 2.75) is 90.9 Å². The number of ether oxygens (including phenoxy) is 1. The minimum absolute atomic E-state index is 0.816. The average molecular weight is 408 g/mol. The predicted molar refractivity (Wildman–Crippen MR) is 128 cm³/mol. The summed E-state index contributed by atoms with van der Waals surface area (Å²) in [6, 6.07) is 12.8. The molecule has 164 valence electrons. The van der Waals surface area contributed by atoms with E-state index in [4.69, 9.17) is 9.72 Å². The second kappa shape index (κ2) is 12.8. The van der Waals surface area contributed by atoms with Crippen molar-refractivity contribution in [2.75, 3.05) is 6.61 Å². The molecular formula is C28H41NO.